The molecule has 0 unspecified atom stereocenters. The number of carbonyl (C=O) groups is 1. The van der Waals surface area contributed by atoms with E-state index in [0.717, 1.165) is 0 Å². The summed E-state index contributed by atoms with van der Waals surface area (Å²) in [4.78, 5) is 23.0. The van der Waals surface area contributed by atoms with Crippen molar-refractivity contribution >= 4 is 33.2 Å². The Labute approximate surface area is 161 Å². The monoisotopic (exact) mass is 434 g/mol. The topological polar surface area (TPSA) is 94.6 Å². The average Bonchev–Trinajstić information content (AvgIpc) is 3.13. The Morgan fingerprint density at radius 3 is 2.67 bits per heavy atom. The summed E-state index contributed by atoms with van der Waals surface area (Å²) in [5, 5.41) is 13.7. The van der Waals surface area contributed by atoms with Gasteiger partial charge in [0.25, 0.3) is 11.6 Å². The minimum Gasteiger partial charge on any atom is -0.497 e. The van der Waals surface area contributed by atoms with Gasteiger partial charge in [-0.15, -0.1) is 0 Å². The number of hydrogen-bond donors (Lipinski definition) is 1. The fourth-order valence-corrected chi connectivity index (χ4v) is 2.71. The fourth-order valence-electron chi connectivity index (χ4n) is 2.38. The number of halogens is 2. The lowest BCUT2D eigenvalue weighted by Gasteiger charge is -2.05. The van der Waals surface area contributed by atoms with Crippen LogP contribution in [0.3, 0.4) is 0 Å². The highest BCUT2D eigenvalue weighted by Gasteiger charge is 2.21. The molecule has 0 bridgehead atoms. The standard InChI is InChI=1S/C18H12BrFN2O5/c1-26-11-3-4-12(15(9-11)22(24)25)16-6-7-17(27-16)18(23)21-14-5-2-10(19)8-13(14)20/h2-9H,1H3,(H,21,23). The van der Waals surface area contributed by atoms with E-state index in [-0.39, 0.29) is 28.5 Å². The summed E-state index contributed by atoms with van der Waals surface area (Å²) in [6, 6.07) is 11.2. The first-order chi connectivity index (χ1) is 12.9. The van der Waals surface area contributed by atoms with Crippen LogP contribution in [-0.4, -0.2) is 17.9 Å². The summed E-state index contributed by atoms with van der Waals surface area (Å²) < 4.78 is 24.8. The molecule has 0 radical (unpaired) electrons. The number of nitrogens with one attached hydrogen (secondary N) is 1. The number of anilines is 1. The molecule has 1 aromatic heterocycles. The van der Waals surface area contributed by atoms with Crippen LogP contribution in [0.1, 0.15) is 10.6 Å². The minimum atomic E-state index is -0.682. The molecule has 0 aliphatic heterocycles. The zero-order valence-corrected chi connectivity index (χ0v) is 15.4. The van der Waals surface area contributed by atoms with Gasteiger partial charge in [0, 0.05) is 4.47 Å². The fraction of sp³-hybridized carbons (Fsp3) is 0.0556. The summed E-state index contributed by atoms with van der Waals surface area (Å²) in [6.45, 7) is 0. The van der Waals surface area contributed by atoms with Gasteiger partial charge >= 0.3 is 0 Å². The molecule has 0 aliphatic carbocycles. The molecule has 0 saturated carbocycles. The maximum atomic E-state index is 13.8. The quantitative estimate of drug-likeness (QED) is 0.449. The Morgan fingerprint density at radius 1 is 1.22 bits per heavy atom. The molecule has 1 heterocycles. The van der Waals surface area contributed by atoms with Crippen molar-refractivity contribution in [1.29, 1.82) is 0 Å². The van der Waals surface area contributed by atoms with Gasteiger partial charge in [0.1, 0.15) is 17.3 Å². The number of benzene rings is 2. The molecule has 3 aromatic rings. The number of rotatable bonds is 5. The third kappa shape index (κ3) is 3.98. The Morgan fingerprint density at radius 2 is 2.00 bits per heavy atom. The molecule has 7 nitrogen and oxygen atoms in total. The second-order valence-corrected chi connectivity index (χ2v) is 6.30. The van der Waals surface area contributed by atoms with E-state index in [4.69, 9.17) is 9.15 Å². The largest absolute Gasteiger partial charge is 0.497 e. The molecule has 0 fully saturated rings. The maximum absolute atomic E-state index is 13.8. The smallest absolute Gasteiger partial charge is 0.291 e. The third-order valence-corrected chi connectivity index (χ3v) is 4.17. The number of ether oxygens (including phenoxy) is 1. The van der Waals surface area contributed by atoms with Gasteiger partial charge in [-0.25, -0.2) is 4.39 Å². The van der Waals surface area contributed by atoms with E-state index < -0.39 is 16.6 Å². The van der Waals surface area contributed by atoms with Gasteiger partial charge < -0.3 is 14.5 Å². The predicted octanol–water partition coefficient (Wildman–Crippen LogP) is 5.02. The second-order valence-electron chi connectivity index (χ2n) is 5.38. The van der Waals surface area contributed by atoms with Crippen LogP contribution in [0.15, 0.2) is 57.4 Å². The van der Waals surface area contributed by atoms with Crippen molar-refractivity contribution in [2.45, 2.75) is 0 Å². The highest BCUT2D eigenvalue weighted by atomic mass is 79.9. The van der Waals surface area contributed by atoms with Gasteiger partial charge in [0.05, 0.1) is 29.4 Å². The lowest BCUT2D eigenvalue weighted by molar-refractivity contribution is -0.384. The average molecular weight is 435 g/mol. The number of carbonyl (C=O) groups excluding carboxylic acids is 1. The predicted molar refractivity (Wildman–Crippen MR) is 99.4 cm³/mol. The van der Waals surface area contributed by atoms with Gasteiger partial charge in [-0.05, 0) is 42.5 Å². The highest BCUT2D eigenvalue weighted by molar-refractivity contribution is 9.10. The molecule has 0 atom stereocenters. The number of hydrogen-bond acceptors (Lipinski definition) is 5. The van der Waals surface area contributed by atoms with E-state index in [1.807, 2.05) is 0 Å². The highest BCUT2D eigenvalue weighted by Crippen LogP contribution is 2.34. The van der Waals surface area contributed by atoms with Crippen LogP contribution in [0.4, 0.5) is 15.8 Å². The number of nitro groups is 1. The molecule has 1 N–H and O–H groups in total. The van der Waals surface area contributed by atoms with Crippen molar-refractivity contribution in [2.24, 2.45) is 0 Å². The minimum absolute atomic E-state index is 0.0171. The molecule has 9 heteroatoms. The van der Waals surface area contributed by atoms with E-state index in [9.17, 15) is 19.3 Å². The molecule has 0 saturated heterocycles. The first-order valence-corrected chi connectivity index (χ1v) is 8.37. The van der Waals surface area contributed by atoms with E-state index in [2.05, 4.69) is 21.2 Å². The van der Waals surface area contributed by atoms with Crippen molar-refractivity contribution in [3.63, 3.8) is 0 Å². The van der Waals surface area contributed by atoms with Crippen molar-refractivity contribution in [1.82, 2.24) is 0 Å². The van der Waals surface area contributed by atoms with E-state index in [1.165, 1.54) is 43.5 Å². The molecule has 2 aromatic carbocycles. The van der Waals surface area contributed by atoms with Crippen molar-refractivity contribution < 1.29 is 23.3 Å². The van der Waals surface area contributed by atoms with Crippen LogP contribution >= 0.6 is 15.9 Å². The summed E-state index contributed by atoms with van der Waals surface area (Å²) in [7, 11) is 1.40. The van der Waals surface area contributed by atoms with Crippen LogP contribution in [0.25, 0.3) is 11.3 Å². The first-order valence-electron chi connectivity index (χ1n) is 7.58. The zero-order valence-electron chi connectivity index (χ0n) is 13.9. The molecule has 0 spiro atoms. The molecule has 3 rings (SSSR count). The summed E-state index contributed by atoms with van der Waals surface area (Å²) >= 11 is 3.13. The Balaban J connectivity index is 1.88. The van der Waals surface area contributed by atoms with Crippen molar-refractivity contribution in [3.05, 3.63) is 74.7 Å². The second kappa shape index (κ2) is 7.58. The van der Waals surface area contributed by atoms with Gasteiger partial charge in [0.2, 0.25) is 0 Å². The molecule has 27 heavy (non-hydrogen) atoms. The SMILES string of the molecule is COc1ccc(-c2ccc(C(=O)Nc3ccc(Br)cc3F)o2)c([N+](=O)[O-])c1. The maximum Gasteiger partial charge on any atom is 0.291 e. The molecular formula is C18H12BrFN2O5. The lowest BCUT2D eigenvalue weighted by Crippen LogP contribution is -2.12. The first kappa shape index (κ1) is 18.6. The third-order valence-electron chi connectivity index (χ3n) is 3.68. The number of amides is 1. The molecule has 138 valence electrons. The zero-order chi connectivity index (χ0) is 19.6. The Hall–Kier alpha value is -3.20. The number of methoxy groups -OCH3 is 1. The number of nitro benzene ring substituents is 1. The molecule has 1 amide bonds. The van der Waals surface area contributed by atoms with E-state index in [0.29, 0.717) is 10.2 Å². The van der Waals surface area contributed by atoms with Crippen LogP contribution < -0.4 is 10.1 Å². The van der Waals surface area contributed by atoms with Gasteiger partial charge in [-0.1, -0.05) is 15.9 Å². The van der Waals surface area contributed by atoms with Crippen LogP contribution in [0.2, 0.25) is 0 Å². The Kier molecular flexibility index (Phi) is 5.22. The number of furan rings is 1. The van der Waals surface area contributed by atoms with Crippen molar-refractivity contribution in [3.8, 4) is 17.1 Å². The van der Waals surface area contributed by atoms with E-state index in [1.54, 1.807) is 12.1 Å². The van der Waals surface area contributed by atoms with Crippen LogP contribution in [-0.2, 0) is 0 Å². The summed E-state index contributed by atoms with van der Waals surface area (Å²) in [5.74, 6) is -0.960. The van der Waals surface area contributed by atoms with Crippen LogP contribution in [0.5, 0.6) is 5.75 Å². The van der Waals surface area contributed by atoms with Gasteiger partial charge in [0.15, 0.2) is 5.76 Å². The normalized spacial score (nSPS) is 10.5. The summed E-state index contributed by atoms with van der Waals surface area (Å²) in [6.07, 6.45) is 0. The van der Waals surface area contributed by atoms with E-state index >= 15 is 0 Å². The van der Waals surface area contributed by atoms with Gasteiger partial charge in [-0.3, -0.25) is 14.9 Å². The summed E-state index contributed by atoms with van der Waals surface area (Å²) in [5.41, 5.74) is -0.0548. The molecule has 0 aliphatic rings. The van der Waals surface area contributed by atoms with Crippen LogP contribution in [0, 0.1) is 15.9 Å². The van der Waals surface area contributed by atoms with Crippen molar-refractivity contribution in [2.75, 3.05) is 12.4 Å². The number of nitrogens with zero attached hydrogens (tertiary/aromatic N) is 1. The van der Waals surface area contributed by atoms with Gasteiger partial charge in [-0.2, -0.15) is 0 Å². The molecular weight excluding hydrogens is 423 g/mol. The lowest BCUT2D eigenvalue weighted by atomic mass is 10.1. The Bertz CT molecular complexity index is 1030.